The average Bonchev–Trinajstić information content (AvgIpc) is 2.79. The number of hydrogen-bond acceptors (Lipinski definition) is 6. The zero-order valence-corrected chi connectivity index (χ0v) is 12.5. The largest absolute Gasteiger partial charge is 0.351 e. The summed E-state index contributed by atoms with van der Waals surface area (Å²) in [4.78, 5) is 22.2. The first-order valence-corrected chi connectivity index (χ1v) is 8.20. The lowest BCUT2D eigenvalue weighted by molar-refractivity contribution is -0.386. The Morgan fingerprint density at radius 3 is 2.67 bits per heavy atom. The number of nitrogens with zero attached hydrogens (tertiary/aromatic N) is 3. The molecule has 1 aliphatic heterocycles. The molecule has 1 amide bonds. The quantitative estimate of drug-likeness (QED) is 0.601. The van der Waals surface area contributed by atoms with Crippen molar-refractivity contribution in [3.05, 3.63) is 21.5 Å². The third kappa shape index (κ3) is 3.38. The number of nitro groups is 1. The van der Waals surface area contributed by atoms with Gasteiger partial charge in [-0.1, -0.05) is 0 Å². The third-order valence-corrected chi connectivity index (χ3v) is 5.18. The minimum Gasteiger partial charge on any atom is -0.351 e. The maximum atomic E-state index is 11.9. The maximum Gasteiger partial charge on any atom is 0.312 e. The molecule has 21 heavy (non-hydrogen) atoms. The van der Waals surface area contributed by atoms with Crippen LogP contribution in [0.1, 0.15) is 17.8 Å². The molecule has 116 valence electrons. The predicted octanol–water partition coefficient (Wildman–Crippen LogP) is -0.289. The van der Waals surface area contributed by atoms with Gasteiger partial charge in [0.2, 0.25) is 5.91 Å². The van der Waals surface area contributed by atoms with Crippen molar-refractivity contribution in [1.82, 2.24) is 15.1 Å². The van der Waals surface area contributed by atoms with E-state index < -0.39 is 26.7 Å². The number of rotatable bonds is 4. The molecule has 2 heterocycles. The number of sulfone groups is 1. The van der Waals surface area contributed by atoms with Gasteiger partial charge in [0.15, 0.2) is 9.84 Å². The molecule has 0 bridgehead atoms. The summed E-state index contributed by atoms with van der Waals surface area (Å²) in [5.41, 5.74) is 0.437. The van der Waals surface area contributed by atoms with Crippen LogP contribution in [-0.2, 0) is 21.2 Å². The standard InChI is InChI=1S/C11H16N4O5S/c1-7-11(15(17)18)8(2)14(13-7)5-10(16)12-9-3-4-21(19,20)6-9/h9H,3-6H2,1-2H3,(H,12,16)/t9-/m1/s1. The second kappa shape index (κ2) is 5.43. The van der Waals surface area contributed by atoms with Gasteiger partial charge >= 0.3 is 5.69 Å². The Hall–Kier alpha value is -1.97. The fraction of sp³-hybridized carbons (Fsp3) is 0.636. The van der Waals surface area contributed by atoms with Gasteiger partial charge in [-0.25, -0.2) is 8.42 Å². The minimum absolute atomic E-state index is 0.0595. The Balaban J connectivity index is 2.04. The number of carbonyl (C=O) groups excluding carboxylic acids is 1. The first kappa shape index (κ1) is 15.4. The molecule has 10 heteroatoms. The van der Waals surface area contributed by atoms with E-state index in [1.54, 1.807) is 0 Å². The molecule has 0 radical (unpaired) electrons. The van der Waals surface area contributed by atoms with E-state index in [0.29, 0.717) is 12.1 Å². The Morgan fingerprint density at radius 2 is 2.19 bits per heavy atom. The van der Waals surface area contributed by atoms with E-state index in [-0.39, 0.29) is 29.4 Å². The van der Waals surface area contributed by atoms with E-state index in [1.165, 1.54) is 18.5 Å². The third-order valence-electron chi connectivity index (χ3n) is 3.42. The first-order chi connectivity index (χ1) is 9.69. The number of hydrogen-bond donors (Lipinski definition) is 1. The highest BCUT2D eigenvalue weighted by molar-refractivity contribution is 7.91. The molecule has 0 unspecified atom stereocenters. The Kier molecular flexibility index (Phi) is 3.99. The molecule has 1 aliphatic rings. The predicted molar refractivity (Wildman–Crippen MR) is 73.6 cm³/mol. The molecule has 0 aromatic carbocycles. The zero-order chi connectivity index (χ0) is 15.8. The molecule has 1 aromatic rings. The van der Waals surface area contributed by atoms with Crippen molar-refractivity contribution < 1.29 is 18.1 Å². The Labute approximate surface area is 121 Å². The van der Waals surface area contributed by atoms with Crippen LogP contribution < -0.4 is 5.32 Å². The van der Waals surface area contributed by atoms with Gasteiger partial charge in [0.1, 0.15) is 17.9 Å². The monoisotopic (exact) mass is 316 g/mol. The topological polar surface area (TPSA) is 124 Å². The van der Waals surface area contributed by atoms with Crippen LogP contribution in [0.2, 0.25) is 0 Å². The maximum absolute atomic E-state index is 11.9. The molecular weight excluding hydrogens is 300 g/mol. The van der Waals surface area contributed by atoms with Crippen LogP contribution in [0.15, 0.2) is 0 Å². The van der Waals surface area contributed by atoms with Gasteiger partial charge in [0, 0.05) is 6.04 Å². The van der Waals surface area contributed by atoms with E-state index in [2.05, 4.69) is 10.4 Å². The van der Waals surface area contributed by atoms with Crippen LogP contribution in [0.3, 0.4) is 0 Å². The summed E-state index contributed by atoms with van der Waals surface area (Å²) >= 11 is 0. The Bertz CT molecular complexity index is 694. The smallest absolute Gasteiger partial charge is 0.312 e. The van der Waals surface area contributed by atoms with E-state index in [4.69, 9.17) is 0 Å². The average molecular weight is 316 g/mol. The molecule has 0 saturated carbocycles. The van der Waals surface area contributed by atoms with Gasteiger partial charge in [0.25, 0.3) is 0 Å². The number of amides is 1. The summed E-state index contributed by atoms with van der Waals surface area (Å²) in [6.45, 7) is 2.85. The molecule has 1 saturated heterocycles. The van der Waals surface area contributed by atoms with Crippen LogP contribution in [0.25, 0.3) is 0 Å². The molecule has 1 aromatic heterocycles. The first-order valence-electron chi connectivity index (χ1n) is 6.38. The molecule has 0 aliphatic carbocycles. The van der Waals surface area contributed by atoms with Crippen molar-refractivity contribution in [2.24, 2.45) is 0 Å². The highest BCUT2D eigenvalue weighted by atomic mass is 32.2. The summed E-state index contributed by atoms with van der Waals surface area (Å²) in [5.74, 6) is -0.392. The number of nitrogens with one attached hydrogen (secondary N) is 1. The lowest BCUT2D eigenvalue weighted by Gasteiger charge is -2.11. The van der Waals surface area contributed by atoms with Gasteiger partial charge in [0.05, 0.1) is 16.4 Å². The van der Waals surface area contributed by atoms with Crippen LogP contribution >= 0.6 is 0 Å². The fourth-order valence-corrected chi connectivity index (χ4v) is 4.10. The summed E-state index contributed by atoms with van der Waals surface area (Å²) in [5, 5.41) is 17.5. The molecule has 9 nitrogen and oxygen atoms in total. The van der Waals surface area contributed by atoms with Crippen molar-refractivity contribution in [1.29, 1.82) is 0 Å². The van der Waals surface area contributed by atoms with Crippen molar-refractivity contribution in [3.8, 4) is 0 Å². The number of carbonyl (C=O) groups is 1. The van der Waals surface area contributed by atoms with E-state index in [0.717, 1.165) is 0 Å². The van der Waals surface area contributed by atoms with Gasteiger partial charge in [-0.15, -0.1) is 0 Å². The SMILES string of the molecule is Cc1nn(CC(=O)N[C@@H]2CCS(=O)(=O)C2)c(C)c1[N+](=O)[O-]. The van der Waals surface area contributed by atoms with E-state index >= 15 is 0 Å². The van der Waals surface area contributed by atoms with Gasteiger partial charge < -0.3 is 5.32 Å². The second-order valence-electron chi connectivity index (χ2n) is 5.10. The van der Waals surface area contributed by atoms with Crippen LogP contribution in [0, 0.1) is 24.0 Å². The summed E-state index contributed by atoms with van der Waals surface area (Å²) in [7, 11) is -3.06. The number of aromatic nitrogens is 2. The van der Waals surface area contributed by atoms with Crippen molar-refractivity contribution >= 4 is 21.4 Å². The zero-order valence-electron chi connectivity index (χ0n) is 11.7. The van der Waals surface area contributed by atoms with Gasteiger partial charge in [-0.3, -0.25) is 19.6 Å². The van der Waals surface area contributed by atoms with Gasteiger partial charge in [-0.05, 0) is 20.3 Å². The molecular formula is C11H16N4O5S. The van der Waals surface area contributed by atoms with E-state index in [1.807, 2.05) is 0 Å². The fourth-order valence-electron chi connectivity index (χ4n) is 2.42. The Morgan fingerprint density at radius 1 is 1.52 bits per heavy atom. The highest BCUT2D eigenvalue weighted by Gasteiger charge is 2.29. The molecule has 1 fully saturated rings. The van der Waals surface area contributed by atoms with Crippen molar-refractivity contribution in [3.63, 3.8) is 0 Å². The lowest BCUT2D eigenvalue weighted by Crippen LogP contribution is -2.38. The molecule has 1 atom stereocenters. The molecule has 2 rings (SSSR count). The summed E-state index contributed by atoms with van der Waals surface area (Å²) < 4.78 is 23.9. The second-order valence-corrected chi connectivity index (χ2v) is 7.33. The summed E-state index contributed by atoms with van der Waals surface area (Å²) in [6, 6.07) is -0.394. The van der Waals surface area contributed by atoms with Crippen LogP contribution in [0.5, 0.6) is 0 Å². The molecule has 1 N–H and O–H groups in total. The normalized spacial score (nSPS) is 20.4. The van der Waals surface area contributed by atoms with Crippen LogP contribution in [0.4, 0.5) is 5.69 Å². The molecule has 0 spiro atoms. The lowest BCUT2D eigenvalue weighted by atomic mass is 10.2. The van der Waals surface area contributed by atoms with E-state index in [9.17, 15) is 23.3 Å². The highest BCUT2D eigenvalue weighted by Crippen LogP contribution is 2.21. The van der Waals surface area contributed by atoms with Crippen molar-refractivity contribution in [2.75, 3.05) is 11.5 Å². The summed E-state index contributed by atoms with van der Waals surface area (Å²) in [6.07, 6.45) is 0.394. The minimum atomic E-state index is -3.06. The number of aryl methyl sites for hydroxylation is 1. The van der Waals surface area contributed by atoms with Crippen LogP contribution in [-0.4, -0.2) is 46.6 Å². The van der Waals surface area contributed by atoms with Crippen molar-refractivity contribution in [2.45, 2.75) is 32.9 Å². The van der Waals surface area contributed by atoms with Gasteiger partial charge in [-0.2, -0.15) is 5.10 Å².